The van der Waals surface area contributed by atoms with Crippen molar-refractivity contribution in [1.82, 2.24) is 5.32 Å². The molecular weight excluding hydrogens is 338 g/mol. The van der Waals surface area contributed by atoms with Crippen molar-refractivity contribution in [3.05, 3.63) is 40.8 Å². The SMILES string of the molecule is CC(C)CNC(=O)[C@@H](C)OC(=O)c1cc2c(s1)-c1ccccc1OC2. The van der Waals surface area contributed by atoms with Crippen LogP contribution in [0, 0.1) is 5.92 Å². The minimum absolute atomic E-state index is 0.281. The van der Waals surface area contributed by atoms with Gasteiger partial charge in [0.2, 0.25) is 0 Å². The summed E-state index contributed by atoms with van der Waals surface area (Å²) in [5.74, 6) is 0.398. The fraction of sp³-hybridized carbons (Fsp3) is 0.368. The third-order valence-corrected chi connectivity index (χ3v) is 5.05. The minimum Gasteiger partial charge on any atom is -0.488 e. The molecule has 3 rings (SSSR count). The Morgan fingerprint density at radius 3 is 2.80 bits per heavy atom. The van der Waals surface area contributed by atoms with Gasteiger partial charge in [0.15, 0.2) is 6.10 Å². The summed E-state index contributed by atoms with van der Waals surface area (Å²) in [5.41, 5.74) is 1.95. The van der Waals surface area contributed by atoms with Gasteiger partial charge in [-0.25, -0.2) is 4.79 Å². The number of esters is 1. The van der Waals surface area contributed by atoms with Gasteiger partial charge in [-0.2, -0.15) is 0 Å². The van der Waals surface area contributed by atoms with Crippen molar-refractivity contribution in [2.45, 2.75) is 33.5 Å². The van der Waals surface area contributed by atoms with Crippen LogP contribution in [0.3, 0.4) is 0 Å². The molecule has 2 heterocycles. The molecule has 132 valence electrons. The van der Waals surface area contributed by atoms with Gasteiger partial charge in [0.25, 0.3) is 5.91 Å². The summed E-state index contributed by atoms with van der Waals surface area (Å²) in [7, 11) is 0. The number of para-hydroxylation sites is 1. The lowest BCUT2D eigenvalue weighted by Crippen LogP contribution is -2.37. The smallest absolute Gasteiger partial charge is 0.349 e. The number of carbonyl (C=O) groups excluding carboxylic acids is 2. The van der Waals surface area contributed by atoms with Gasteiger partial charge in [-0.3, -0.25) is 4.79 Å². The molecule has 0 spiro atoms. The second-order valence-electron chi connectivity index (χ2n) is 6.44. The van der Waals surface area contributed by atoms with Crippen LogP contribution in [0.2, 0.25) is 0 Å². The second-order valence-corrected chi connectivity index (χ2v) is 7.49. The quantitative estimate of drug-likeness (QED) is 0.828. The molecule has 0 aliphatic carbocycles. The first-order valence-electron chi connectivity index (χ1n) is 8.29. The maximum Gasteiger partial charge on any atom is 0.349 e. The van der Waals surface area contributed by atoms with Crippen molar-refractivity contribution in [1.29, 1.82) is 0 Å². The largest absolute Gasteiger partial charge is 0.488 e. The van der Waals surface area contributed by atoms with Crippen LogP contribution in [-0.4, -0.2) is 24.5 Å². The number of nitrogens with one attached hydrogen (secondary N) is 1. The van der Waals surface area contributed by atoms with Crippen LogP contribution < -0.4 is 10.1 Å². The number of rotatable bonds is 5. The van der Waals surface area contributed by atoms with E-state index in [1.54, 1.807) is 13.0 Å². The fourth-order valence-corrected chi connectivity index (χ4v) is 3.60. The maximum absolute atomic E-state index is 12.4. The summed E-state index contributed by atoms with van der Waals surface area (Å²) >= 11 is 1.37. The summed E-state index contributed by atoms with van der Waals surface area (Å²) in [5, 5.41) is 2.77. The summed E-state index contributed by atoms with van der Waals surface area (Å²) in [6.07, 6.45) is -0.825. The Morgan fingerprint density at radius 1 is 1.28 bits per heavy atom. The average molecular weight is 359 g/mol. The van der Waals surface area contributed by atoms with Gasteiger partial charge in [0.1, 0.15) is 17.2 Å². The molecular formula is C19H21NO4S. The summed E-state index contributed by atoms with van der Waals surface area (Å²) in [4.78, 5) is 25.9. The van der Waals surface area contributed by atoms with Gasteiger partial charge in [-0.1, -0.05) is 26.0 Å². The lowest BCUT2D eigenvalue weighted by atomic mass is 10.1. The first-order chi connectivity index (χ1) is 12.0. The average Bonchev–Trinajstić information content (AvgIpc) is 3.04. The highest BCUT2D eigenvalue weighted by Gasteiger charge is 2.25. The number of fused-ring (bicyclic) bond motifs is 3. The van der Waals surface area contributed by atoms with Gasteiger partial charge in [0, 0.05) is 22.5 Å². The standard InChI is InChI=1S/C19H21NO4S/c1-11(2)9-20-18(21)12(3)24-19(22)16-8-13-10-23-15-7-5-4-6-14(15)17(13)25-16/h4-8,11-12H,9-10H2,1-3H3,(H,20,21)/t12-/m1/s1. The Kier molecular flexibility index (Phi) is 5.08. The molecule has 1 N–H and O–H groups in total. The minimum atomic E-state index is -0.825. The molecule has 1 aliphatic rings. The normalized spacial score (nSPS) is 13.4. The predicted molar refractivity (Wildman–Crippen MR) is 96.8 cm³/mol. The van der Waals surface area contributed by atoms with Crippen LogP contribution >= 0.6 is 11.3 Å². The van der Waals surface area contributed by atoms with Crippen LogP contribution in [0.5, 0.6) is 5.75 Å². The third-order valence-electron chi connectivity index (χ3n) is 3.86. The molecule has 6 heteroatoms. The van der Waals surface area contributed by atoms with E-state index in [-0.39, 0.29) is 5.91 Å². The van der Waals surface area contributed by atoms with Crippen molar-refractivity contribution in [3.8, 4) is 16.2 Å². The summed E-state index contributed by atoms with van der Waals surface area (Å²) < 4.78 is 11.0. The molecule has 0 saturated heterocycles. The van der Waals surface area contributed by atoms with Gasteiger partial charge >= 0.3 is 5.97 Å². The van der Waals surface area contributed by atoms with Gasteiger partial charge < -0.3 is 14.8 Å². The molecule has 5 nitrogen and oxygen atoms in total. The van der Waals surface area contributed by atoms with E-state index < -0.39 is 12.1 Å². The fourth-order valence-electron chi connectivity index (χ4n) is 2.52. The summed E-state index contributed by atoms with van der Waals surface area (Å²) in [6.45, 7) is 6.59. The molecule has 0 saturated carbocycles. The number of hydrogen-bond donors (Lipinski definition) is 1. The Bertz CT molecular complexity index is 796. The van der Waals surface area contributed by atoms with Crippen LogP contribution in [0.4, 0.5) is 0 Å². The maximum atomic E-state index is 12.4. The highest BCUT2D eigenvalue weighted by atomic mass is 32.1. The number of hydrogen-bond acceptors (Lipinski definition) is 5. The lowest BCUT2D eigenvalue weighted by Gasteiger charge is -2.16. The van der Waals surface area contributed by atoms with Crippen LogP contribution in [0.1, 0.15) is 36.0 Å². The van der Waals surface area contributed by atoms with Crippen molar-refractivity contribution in [3.63, 3.8) is 0 Å². The zero-order valence-electron chi connectivity index (χ0n) is 14.5. The van der Waals surface area contributed by atoms with Crippen molar-refractivity contribution < 1.29 is 19.1 Å². The van der Waals surface area contributed by atoms with Gasteiger partial charge in [-0.05, 0) is 31.0 Å². The zero-order valence-corrected chi connectivity index (χ0v) is 15.3. The molecule has 2 aromatic rings. The molecule has 1 aliphatic heterocycles. The van der Waals surface area contributed by atoms with E-state index in [9.17, 15) is 9.59 Å². The molecule has 0 bridgehead atoms. The van der Waals surface area contributed by atoms with Crippen molar-refractivity contribution in [2.24, 2.45) is 5.92 Å². The van der Waals surface area contributed by atoms with E-state index in [1.165, 1.54) is 11.3 Å². The monoisotopic (exact) mass is 359 g/mol. The van der Waals surface area contributed by atoms with Crippen LogP contribution in [-0.2, 0) is 16.1 Å². The van der Waals surface area contributed by atoms with E-state index in [0.29, 0.717) is 23.9 Å². The zero-order chi connectivity index (χ0) is 18.0. The number of benzene rings is 1. The second kappa shape index (κ2) is 7.27. The number of ether oxygens (including phenoxy) is 2. The Morgan fingerprint density at radius 2 is 2.04 bits per heavy atom. The van der Waals surface area contributed by atoms with E-state index in [2.05, 4.69) is 5.32 Å². The predicted octanol–water partition coefficient (Wildman–Crippen LogP) is 3.63. The van der Waals surface area contributed by atoms with Crippen molar-refractivity contribution >= 4 is 23.2 Å². The summed E-state index contributed by atoms with van der Waals surface area (Å²) in [6, 6.07) is 9.54. The van der Waals surface area contributed by atoms with E-state index in [1.807, 2.05) is 38.1 Å². The van der Waals surface area contributed by atoms with Gasteiger partial charge in [0.05, 0.1) is 0 Å². The molecule has 1 atom stereocenters. The van der Waals surface area contributed by atoms with E-state index in [0.717, 1.165) is 21.8 Å². The van der Waals surface area contributed by atoms with Crippen LogP contribution in [0.25, 0.3) is 10.4 Å². The molecule has 25 heavy (non-hydrogen) atoms. The molecule has 0 radical (unpaired) electrons. The third kappa shape index (κ3) is 3.85. The number of amides is 1. The first kappa shape index (κ1) is 17.5. The molecule has 1 aromatic carbocycles. The van der Waals surface area contributed by atoms with Crippen LogP contribution in [0.15, 0.2) is 30.3 Å². The molecule has 1 aromatic heterocycles. The van der Waals surface area contributed by atoms with E-state index >= 15 is 0 Å². The lowest BCUT2D eigenvalue weighted by molar-refractivity contribution is -0.129. The Balaban J connectivity index is 1.71. The topological polar surface area (TPSA) is 64.6 Å². The Hall–Kier alpha value is -2.34. The molecule has 0 unspecified atom stereocenters. The highest BCUT2D eigenvalue weighted by Crippen LogP contribution is 2.42. The highest BCUT2D eigenvalue weighted by molar-refractivity contribution is 7.17. The molecule has 1 amide bonds. The van der Waals surface area contributed by atoms with Crippen molar-refractivity contribution in [2.75, 3.05) is 6.54 Å². The number of thiophene rings is 1. The first-order valence-corrected chi connectivity index (χ1v) is 9.11. The number of carbonyl (C=O) groups is 2. The molecule has 0 fully saturated rings. The van der Waals surface area contributed by atoms with Gasteiger partial charge in [-0.15, -0.1) is 11.3 Å². The van der Waals surface area contributed by atoms with E-state index in [4.69, 9.17) is 9.47 Å². The Labute approximate surface area is 151 Å².